The average Bonchev–Trinajstić information content (AvgIpc) is 2.77. The lowest BCUT2D eigenvalue weighted by atomic mass is 10.3. The first-order chi connectivity index (χ1) is 7.99. The van der Waals surface area contributed by atoms with Crippen LogP contribution in [0.1, 0.15) is 31.2 Å². The summed E-state index contributed by atoms with van der Waals surface area (Å²) >= 11 is 3.34. The molecule has 0 atom stereocenters. The molecule has 1 aromatic rings. The van der Waals surface area contributed by atoms with E-state index in [-0.39, 0.29) is 5.25 Å². The topological polar surface area (TPSA) is 59.1 Å². The van der Waals surface area contributed by atoms with Crippen molar-refractivity contribution in [3.05, 3.63) is 22.3 Å². The third-order valence-corrected chi connectivity index (χ3v) is 5.71. The highest BCUT2D eigenvalue weighted by atomic mass is 79.9. The molecule has 0 aliphatic heterocycles. The normalized spacial score (nSPS) is 17.3. The molecule has 0 aromatic carbocycles. The Morgan fingerprint density at radius 1 is 1.41 bits per heavy atom. The summed E-state index contributed by atoms with van der Waals surface area (Å²) in [6.45, 7) is 1.90. The van der Waals surface area contributed by atoms with E-state index in [1.165, 1.54) is 0 Å². The van der Waals surface area contributed by atoms with Crippen molar-refractivity contribution < 1.29 is 8.42 Å². The quantitative estimate of drug-likeness (QED) is 0.932. The molecule has 94 valence electrons. The summed E-state index contributed by atoms with van der Waals surface area (Å²) < 4.78 is 27.5. The minimum atomic E-state index is -3.27. The van der Waals surface area contributed by atoms with Gasteiger partial charge in [0.05, 0.1) is 5.25 Å². The Bertz CT molecular complexity index is 510. The highest BCUT2D eigenvalue weighted by Crippen LogP contribution is 2.26. The molecule has 0 saturated heterocycles. The van der Waals surface area contributed by atoms with Crippen molar-refractivity contribution in [1.82, 2.24) is 4.98 Å². The monoisotopic (exact) mass is 318 g/mol. The molecule has 17 heavy (non-hydrogen) atoms. The average molecular weight is 319 g/mol. The summed E-state index contributed by atoms with van der Waals surface area (Å²) in [5.74, 6) is 0.401. The maximum atomic E-state index is 12.0. The smallest absolute Gasteiger partial charge is 0.236 e. The Hall–Kier alpha value is -0.620. The minimum absolute atomic E-state index is 0.256. The van der Waals surface area contributed by atoms with Gasteiger partial charge >= 0.3 is 0 Å². The van der Waals surface area contributed by atoms with E-state index in [9.17, 15) is 8.42 Å². The number of anilines is 1. The summed E-state index contributed by atoms with van der Waals surface area (Å²) in [6, 6.07) is 1.73. The molecule has 1 aliphatic rings. The molecular formula is C11H15BrN2O2S. The standard InChI is InChI=1S/C11H15BrN2O2S/c1-8-6-11(13-7-10(8)12)14-17(15,16)9-4-2-3-5-9/h6-7,9H,2-5H2,1H3,(H,13,14). The zero-order valence-electron chi connectivity index (χ0n) is 9.61. The van der Waals surface area contributed by atoms with Crippen LogP contribution in [-0.4, -0.2) is 18.7 Å². The first-order valence-corrected chi connectivity index (χ1v) is 7.97. The highest BCUT2D eigenvalue weighted by molar-refractivity contribution is 9.10. The fraction of sp³-hybridized carbons (Fsp3) is 0.545. The Morgan fingerprint density at radius 2 is 2.06 bits per heavy atom. The van der Waals surface area contributed by atoms with Crippen LogP contribution in [0.5, 0.6) is 0 Å². The number of aromatic nitrogens is 1. The first kappa shape index (κ1) is 12.8. The van der Waals surface area contributed by atoms with Gasteiger partial charge in [-0.3, -0.25) is 4.72 Å². The Labute approximate surface area is 110 Å². The summed E-state index contributed by atoms with van der Waals surface area (Å²) in [6.07, 6.45) is 5.12. The van der Waals surface area contributed by atoms with Crippen molar-refractivity contribution in [3.8, 4) is 0 Å². The number of aryl methyl sites for hydroxylation is 1. The van der Waals surface area contributed by atoms with Crippen LogP contribution in [-0.2, 0) is 10.0 Å². The number of rotatable bonds is 3. The highest BCUT2D eigenvalue weighted by Gasteiger charge is 2.28. The van der Waals surface area contributed by atoms with E-state index in [0.29, 0.717) is 5.82 Å². The predicted octanol–water partition coefficient (Wildman–Crippen LogP) is 2.84. The minimum Gasteiger partial charge on any atom is -0.267 e. The van der Waals surface area contributed by atoms with Gasteiger partial charge in [-0.2, -0.15) is 0 Å². The van der Waals surface area contributed by atoms with Crippen LogP contribution in [0, 0.1) is 6.92 Å². The molecule has 0 unspecified atom stereocenters. The number of hydrogen-bond acceptors (Lipinski definition) is 3. The second kappa shape index (κ2) is 4.94. The predicted molar refractivity (Wildman–Crippen MR) is 71.5 cm³/mol. The van der Waals surface area contributed by atoms with E-state index in [2.05, 4.69) is 25.6 Å². The van der Waals surface area contributed by atoms with E-state index in [1.807, 2.05) is 6.92 Å². The third-order valence-electron chi connectivity index (χ3n) is 3.03. The number of pyridine rings is 1. The molecule has 2 rings (SSSR count). The van der Waals surface area contributed by atoms with Gasteiger partial charge in [-0.15, -0.1) is 0 Å². The molecule has 0 amide bonds. The lowest BCUT2D eigenvalue weighted by Crippen LogP contribution is -2.25. The van der Waals surface area contributed by atoms with E-state index in [0.717, 1.165) is 35.7 Å². The van der Waals surface area contributed by atoms with Crippen molar-refractivity contribution in [2.24, 2.45) is 0 Å². The molecule has 1 saturated carbocycles. The molecule has 1 fully saturated rings. The van der Waals surface area contributed by atoms with Crippen molar-refractivity contribution in [2.45, 2.75) is 37.9 Å². The van der Waals surface area contributed by atoms with Gasteiger partial charge in [0.1, 0.15) is 5.82 Å². The van der Waals surface area contributed by atoms with E-state index < -0.39 is 10.0 Å². The molecule has 1 aromatic heterocycles. The fourth-order valence-electron chi connectivity index (χ4n) is 2.02. The van der Waals surface area contributed by atoms with Crippen LogP contribution in [0.2, 0.25) is 0 Å². The Balaban J connectivity index is 2.17. The van der Waals surface area contributed by atoms with Crippen LogP contribution in [0.3, 0.4) is 0 Å². The van der Waals surface area contributed by atoms with Crippen LogP contribution in [0.15, 0.2) is 16.7 Å². The summed E-state index contributed by atoms with van der Waals surface area (Å²) in [5, 5.41) is -0.256. The van der Waals surface area contributed by atoms with E-state index in [1.54, 1.807) is 12.3 Å². The van der Waals surface area contributed by atoms with Gasteiger partial charge in [0.25, 0.3) is 0 Å². The van der Waals surface area contributed by atoms with Crippen molar-refractivity contribution >= 4 is 31.8 Å². The molecule has 0 radical (unpaired) electrons. The van der Waals surface area contributed by atoms with Crippen molar-refractivity contribution in [3.63, 3.8) is 0 Å². The SMILES string of the molecule is Cc1cc(NS(=O)(=O)C2CCCC2)ncc1Br. The molecular weight excluding hydrogens is 304 g/mol. The second-order valence-corrected chi connectivity index (χ2v) is 7.19. The number of sulfonamides is 1. The Kier molecular flexibility index (Phi) is 3.73. The summed E-state index contributed by atoms with van der Waals surface area (Å²) in [7, 11) is -3.27. The van der Waals surface area contributed by atoms with Gasteiger partial charge in [-0.25, -0.2) is 13.4 Å². The van der Waals surface area contributed by atoms with Crippen molar-refractivity contribution in [1.29, 1.82) is 0 Å². The largest absolute Gasteiger partial charge is 0.267 e. The molecule has 1 aliphatic carbocycles. The first-order valence-electron chi connectivity index (χ1n) is 5.63. The molecule has 0 spiro atoms. The lowest BCUT2D eigenvalue weighted by molar-refractivity contribution is 0.585. The zero-order chi connectivity index (χ0) is 12.5. The molecule has 6 heteroatoms. The van der Waals surface area contributed by atoms with Crippen LogP contribution in [0.25, 0.3) is 0 Å². The maximum absolute atomic E-state index is 12.0. The molecule has 0 bridgehead atoms. The second-order valence-electron chi connectivity index (χ2n) is 4.37. The maximum Gasteiger partial charge on any atom is 0.236 e. The Morgan fingerprint density at radius 3 is 2.65 bits per heavy atom. The van der Waals surface area contributed by atoms with Gasteiger partial charge in [0.2, 0.25) is 10.0 Å². The number of nitrogens with zero attached hydrogens (tertiary/aromatic N) is 1. The summed E-state index contributed by atoms with van der Waals surface area (Å²) in [4.78, 5) is 4.06. The van der Waals surface area contributed by atoms with Crippen molar-refractivity contribution in [2.75, 3.05) is 4.72 Å². The van der Waals surface area contributed by atoms with Gasteiger partial charge < -0.3 is 0 Å². The fourth-order valence-corrected chi connectivity index (χ4v) is 3.76. The van der Waals surface area contributed by atoms with Gasteiger partial charge in [-0.1, -0.05) is 12.8 Å². The van der Waals surface area contributed by atoms with Gasteiger partial charge in [0.15, 0.2) is 0 Å². The van der Waals surface area contributed by atoms with Gasteiger partial charge in [0, 0.05) is 10.7 Å². The molecule has 4 nitrogen and oxygen atoms in total. The van der Waals surface area contributed by atoms with E-state index >= 15 is 0 Å². The van der Waals surface area contributed by atoms with Crippen LogP contribution in [0.4, 0.5) is 5.82 Å². The van der Waals surface area contributed by atoms with Gasteiger partial charge in [-0.05, 0) is 47.3 Å². The van der Waals surface area contributed by atoms with Crippen LogP contribution >= 0.6 is 15.9 Å². The number of halogens is 1. The molecule has 1 N–H and O–H groups in total. The van der Waals surface area contributed by atoms with Crippen LogP contribution < -0.4 is 4.72 Å². The zero-order valence-corrected chi connectivity index (χ0v) is 12.0. The number of nitrogens with one attached hydrogen (secondary N) is 1. The van der Waals surface area contributed by atoms with E-state index in [4.69, 9.17) is 0 Å². The number of hydrogen-bond donors (Lipinski definition) is 1. The summed E-state index contributed by atoms with van der Waals surface area (Å²) in [5.41, 5.74) is 0.962. The molecule has 1 heterocycles. The third kappa shape index (κ3) is 2.98. The lowest BCUT2D eigenvalue weighted by Gasteiger charge is -2.13.